The first-order valence-corrected chi connectivity index (χ1v) is 6.53. The minimum atomic E-state index is 0.612. The van der Waals surface area contributed by atoms with Crippen LogP contribution in [0.15, 0.2) is 24.3 Å². The van der Waals surface area contributed by atoms with Crippen molar-refractivity contribution in [3.05, 3.63) is 34.9 Å². The van der Waals surface area contributed by atoms with E-state index in [0.29, 0.717) is 12.0 Å². The summed E-state index contributed by atoms with van der Waals surface area (Å²) < 4.78 is 0. The zero-order valence-electron chi connectivity index (χ0n) is 10.5. The van der Waals surface area contributed by atoms with Gasteiger partial charge in [-0.05, 0) is 43.0 Å². The van der Waals surface area contributed by atoms with E-state index < -0.39 is 0 Å². The van der Waals surface area contributed by atoms with Gasteiger partial charge in [0.1, 0.15) is 0 Å². The van der Waals surface area contributed by atoms with Crippen LogP contribution in [0.4, 0.5) is 0 Å². The fraction of sp³-hybridized carbons (Fsp3) is 0.571. The second-order valence-corrected chi connectivity index (χ2v) is 4.82. The molecule has 0 aliphatic carbocycles. The van der Waals surface area contributed by atoms with E-state index in [4.69, 9.17) is 11.6 Å². The molecule has 2 heteroatoms. The van der Waals surface area contributed by atoms with E-state index in [9.17, 15) is 0 Å². The topological polar surface area (TPSA) is 12.0 Å². The fourth-order valence-corrected chi connectivity index (χ4v) is 2.27. The van der Waals surface area contributed by atoms with Crippen LogP contribution in [0.5, 0.6) is 0 Å². The molecule has 0 aliphatic rings. The number of rotatable bonds is 6. The first kappa shape index (κ1) is 13.5. The van der Waals surface area contributed by atoms with Crippen molar-refractivity contribution in [3.63, 3.8) is 0 Å². The molecule has 0 radical (unpaired) electrons. The zero-order chi connectivity index (χ0) is 12.0. The lowest BCUT2D eigenvalue weighted by Gasteiger charge is -2.23. The van der Waals surface area contributed by atoms with Gasteiger partial charge in [0.2, 0.25) is 0 Å². The predicted octanol–water partition coefficient (Wildman–Crippen LogP) is 3.91. The summed E-state index contributed by atoms with van der Waals surface area (Å²) in [7, 11) is 0. The molecule has 2 unspecified atom stereocenters. The zero-order valence-corrected chi connectivity index (χ0v) is 11.2. The summed E-state index contributed by atoms with van der Waals surface area (Å²) in [5.74, 6) is 0.658. The molecule has 0 bridgehead atoms. The molecular weight excluding hydrogens is 218 g/mol. The van der Waals surface area contributed by atoms with Gasteiger partial charge in [-0.2, -0.15) is 0 Å². The molecule has 1 rings (SSSR count). The highest BCUT2D eigenvalue weighted by atomic mass is 35.5. The minimum absolute atomic E-state index is 0.612. The fourth-order valence-electron chi connectivity index (χ4n) is 2.14. The Kier molecular flexibility index (Phi) is 5.86. The molecule has 0 fully saturated rings. The minimum Gasteiger partial charge on any atom is -0.314 e. The molecule has 1 N–H and O–H groups in total. The van der Waals surface area contributed by atoms with Crippen molar-refractivity contribution in [2.24, 2.45) is 5.92 Å². The summed E-state index contributed by atoms with van der Waals surface area (Å²) in [6.07, 6.45) is 2.30. The van der Waals surface area contributed by atoms with Gasteiger partial charge in [0.05, 0.1) is 0 Å². The van der Waals surface area contributed by atoms with E-state index >= 15 is 0 Å². The summed E-state index contributed by atoms with van der Waals surface area (Å²) in [5.41, 5.74) is 1.37. The molecule has 16 heavy (non-hydrogen) atoms. The Morgan fingerprint density at radius 3 is 2.31 bits per heavy atom. The van der Waals surface area contributed by atoms with E-state index in [1.807, 2.05) is 12.1 Å². The first-order chi connectivity index (χ1) is 7.67. The largest absolute Gasteiger partial charge is 0.314 e. The molecule has 1 aromatic carbocycles. The van der Waals surface area contributed by atoms with Crippen LogP contribution in [0.25, 0.3) is 0 Å². The van der Waals surface area contributed by atoms with Gasteiger partial charge in [-0.15, -0.1) is 0 Å². The van der Waals surface area contributed by atoms with Crippen molar-refractivity contribution in [2.45, 2.75) is 39.7 Å². The number of hydrogen-bond acceptors (Lipinski definition) is 1. The maximum absolute atomic E-state index is 5.88. The van der Waals surface area contributed by atoms with Gasteiger partial charge in [0.15, 0.2) is 0 Å². The van der Waals surface area contributed by atoms with Crippen molar-refractivity contribution in [2.75, 3.05) is 6.54 Å². The van der Waals surface area contributed by atoms with Gasteiger partial charge in [0, 0.05) is 11.1 Å². The van der Waals surface area contributed by atoms with Crippen LogP contribution in [0.2, 0.25) is 5.02 Å². The SMILES string of the molecule is CCNC(CC)C(C)Cc1ccc(Cl)cc1. The lowest BCUT2D eigenvalue weighted by atomic mass is 9.92. The van der Waals surface area contributed by atoms with Crippen molar-refractivity contribution < 1.29 is 0 Å². The molecule has 0 heterocycles. The standard InChI is InChI=1S/C14H22ClN/c1-4-14(16-5-2)11(3)10-12-6-8-13(15)9-7-12/h6-9,11,14,16H,4-5,10H2,1-3H3. The smallest absolute Gasteiger partial charge is 0.0406 e. The van der Waals surface area contributed by atoms with Crippen LogP contribution in [0.1, 0.15) is 32.8 Å². The molecule has 0 aromatic heterocycles. The van der Waals surface area contributed by atoms with E-state index in [0.717, 1.165) is 18.0 Å². The Bertz CT molecular complexity index is 294. The summed E-state index contributed by atoms with van der Waals surface area (Å²) in [6, 6.07) is 8.80. The highest BCUT2D eigenvalue weighted by Crippen LogP contribution is 2.16. The Morgan fingerprint density at radius 1 is 1.19 bits per heavy atom. The van der Waals surface area contributed by atoms with Crippen LogP contribution in [0, 0.1) is 5.92 Å². The predicted molar refractivity (Wildman–Crippen MR) is 72.1 cm³/mol. The lowest BCUT2D eigenvalue weighted by Crippen LogP contribution is -2.35. The number of nitrogens with one attached hydrogen (secondary N) is 1. The molecule has 0 spiro atoms. The summed E-state index contributed by atoms with van der Waals surface area (Å²) in [5, 5.41) is 4.35. The molecule has 1 nitrogen and oxygen atoms in total. The van der Waals surface area contributed by atoms with E-state index in [1.54, 1.807) is 0 Å². The van der Waals surface area contributed by atoms with Crippen LogP contribution >= 0.6 is 11.6 Å². The maximum Gasteiger partial charge on any atom is 0.0406 e. The van der Waals surface area contributed by atoms with Gasteiger partial charge in [-0.3, -0.25) is 0 Å². The molecule has 90 valence electrons. The number of hydrogen-bond donors (Lipinski definition) is 1. The Labute approximate surface area is 104 Å². The second kappa shape index (κ2) is 6.93. The van der Waals surface area contributed by atoms with Crippen molar-refractivity contribution in [1.82, 2.24) is 5.32 Å². The summed E-state index contributed by atoms with van der Waals surface area (Å²) in [6.45, 7) is 7.76. The molecule has 0 amide bonds. The van der Waals surface area contributed by atoms with E-state index in [-0.39, 0.29) is 0 Å². The Morgan fingerprint density at radius 2 is 1.81 bits per heavy atom. The monoisotopic (exact) mass is 239 g/mol. The van der Waals surface area contributed by atoms with Gasteiger partial charge >= 0.3 is 0 Å². The average molecular weight is 240 g/mol. The van der Waals surface area contributed by atoms with Gasteiger partial charge < -0.3 is 5.32 Å². The van der Waals surface area contributed by atoms with Crippen LogP contribution in [0.3, 0.4) is 0 Å². The van der Waals surface area contributed by atoms with Crippen molar-refractivity contribution in [3.8, 4) is 0 Å². The van der Waals surface area contributed by atoms with Gasteiger partial charge in [-0.25, -0.2) is 0 Å². The lowest BCUT2D eigenvalue weighted by molar-refractivity contribution is 0.371. The third-order valence-corrected chi connectivity index (χ3v) is 3.32. The number of benzene rings is 1. The molecule has 0 saturated heterocycles. The van der Waals surface area contributed by atoms with Crippen LogP contribution < -0.4 is 5.32 Å². The third-order valence-electron chi connectivity index (χ3n) is 3.06. The maximum atomic E-state index is 5.88. The highest BCUT2D eigenvalue weighted by molar-refractivity contribution is 6.30. The molecule has 0 aliphatic heterocycles. The Balaban J connectivity index is 2.55. The quantitative estimate of drug-likeness (QED) is 0.794. The van der Waals surface area contributed by atoms with E-state index in [2.05, 4.69) is 38.2 Å². The van der Waals surface area contributed by atoms with Crippen molar-refractivity contribution in [1.29, 1.82) is 0 Å². The second-order valence-electron chi connectivity index (χ2n) is 4.38. The molecular formula is C14H22ClN. The molecule has 0 saturated carbocycles. The average Bonchev–Trinajstić information content (AvgIpc) is 2.29. The van der Waals surface area contributed by atoms with Crippen molar-refractivity contribution >= 4 is 11.6 Å². The van der Waals surface area contributed by atoms with E-state index in [1.165, 1.54) is 12.0 Å². The summed E-state index contributed by atoms with van der Waals surface area (Å²) in [4.78, 5) is 0. The number of halogens is 1. The highest BCUT2D eigenvalue weighted by Gasteiger charge is 2.14. The van der Waals surface area contributed by atoms with Gasteiger partial charge in [0.25, 0.3) is 0 Å². The first-order valence-electron chi connectivity index (χ1n) is 6.15. The molecule has 1 aromatic rings. The van der Waals surface area contributed by atoms with Crippen LogP contribution in [-0.4, -0.2) is 12.6 Å². The third kappa shape index (κ3) is 4.15. The summed E-state index contributed by atoms with van der Waals surface area (Å²) >= 11 is 5.88. The molecule has 2 atom stereocenters. The Hall–Kier alpha value is -0.530. The normalized spacial score (nSPS) is 14.8. The van der Waals surface area contributed by atoms with Gasteiger partial charge in [-0.1, -0.05) is 44.5 Å². The van der Waals surface area contributed by atoms with Crippen LogP contribution in [-0.2, 0) is 6.42 Å².